The highest BCUT2D eigenvalue weighted by molar-refractivity contribution is 7.89. The average Bonchev–Trinajstić information content (AvgIpc) is 3.15. The van der Waals surface area contributed by atoms with Crippen LogP contribution in [-0.2, 0) is 10.0 Å². The van der Waals surface area contributed by atoms with Crippen LogP contribution in [0.3, 0.4) is 0 Å². The topological polar surface area (TPSA) is 49.7 Å². The van der Waals surface area contributed by atoms with E-state index < -0.39 is 21.9 Å². The van der Waals surface area contributed by atoms with Gasteiger partial charge in [-0.1, -0.05) is 66.2 Å². The summed E-state index contributed by atoms with van der Waals surface area (Å²) in [5.74, 6) is -0.414. The molecule has 6 heteroatoms. The molecule has 0 amide bonds. The van der Waals surface area contributed by atoms with Crippen LogP contribution >= 0.6 is 0 Å². The van der Waals surface area contributed by atoms with Crippen molar-refractivity contribution in [3.8, 4) is 0 Å². The highest BCUT2D eigenvalue weighted by atomic mass is 32.2. The maximum absolute atomic E-state index is 14.3. The van der Waals surface area contributed by atoms with Crippen molar-refractivity contribution >= 4 is 15.7 Å². The Bertz CT molecular complexity index is 1130. The van der Waals surface area contributed by atoms with E-state index in [9.17, 15) is 12.8 Å². The lowest BCUT2D eigenvalue weighted by Crippen LogP contribution is -2.27. The van der Waals surface area contributed by atoms with E-state index in [0.717, 1.165) is 15.5 Å². The molecular weight excluding hydrogens is 375 g/mol. The second kappa shape index (κ2) is 7.20. The Morgan fingerprint density at radius 3 is 2.25 bits per heavy atom. The molecule has 142 valence electrons. The molecule has 0 fully saturated rings. The maximum atomic E-state index is 14.3. The molecule has 0 radical (unpaired) electrons. The van der Waals surface area contributed by atoms with Crippen LogP contribution in [-0.4, -0.2) is 18.5 Å². The third kappa shape index (κ3) is 3.31. The van der Waals surface area contributed by atoms with Crippen LogP contribution in [0, 0.1) is 12.7 Å². The third-order valence-electron chi connectivity index (χ3n) is 4.81. The first-order chi connectivity index (χ1) is 13.5. The first kappa shape index (κ1) is 18.4. The van der Waals surface area contributed by atoms with Crippen molar-refractivity contribution in [2.75, 3.05) is 0 Å². The SMILES string of the molecule is Cc1ccc(C2CC(c3ccccc3F)=NN2S(=O)(=O)c2ccccc2)cc1. The Labute approximate surface area is 164 Å². The van der Waals surface area contributed by atoms with Crippen LogP contribution in [0.15, 0.2) is 88.9 Å². The minimum atomic E-state index is -3.88. The molecule has 1 atom stereocenters. The molecule has 4 nitrogen and oxygen atoms in total. The van der Waals surface area contributed by atoms with Crippen molar-refractivity contribution in [3.05, 3.63) is 101 Å². The van der Waals surface area contributed by atoms with Crippen molar-refractivity contribution in [1.29, 1.82) is 0 Å². The zero-order valence-electron chi connectivity index (χ0n) is 15.3. The molecule has 1 aliphatic heterocycles. The van der Waals surface area contributed by atoms with Gasteiger partial charge in [-0.25, -0.2) is 4.39 Å². The van der Waals surface area contributed by atoms with Gasteiger partial charge in [0.15, 0.2) is 0 Å². The highest BCUT2D eigenvalue weighted by Gasteiger charge is 2.38. The quantitative estimate of drug-likeness (QED) is 0.645. The molecule has 3 aromatic carbocycles. The van der Waals surface area contributed by atoms with Gasteiger partial charge in [0.25, 0.3) is 10.0 Å². The number of benzene rings is 3. The molecule has 1 heterocycles. The number of halogens is 1. The molecule has 0 spiro atoms. The molecule has 0 aromatic heterocycles. The minimum Gasteiger partial charge on any atom is -0.206 e. The van der Waals surface area contributed by atoms with E-state index in [1.165, 1.54) is 18.2 Å². The van der Waals surface area contributed by atoms with Gasteiger partial charge in [0.05, 0.1) is 16.6 Å². The molecule has 1 aliphatic rings. The lowest BCUT2D eigenvalue weighted by atomic mass is 9.98. The van der Waals surface area contributed by atoms with Crippen molar-refractivity contribution < 1.29 is 12.8 Å². The normalized spacial score (nSPS) is 16.9. The smallest absolute Gasteiger partial charge is 0.206 e. The highest BCUT2D eigenvalue weighted by Crippen LogP contribution is 2.37. The summed E-state index contributed by atoms with van der Waals surface area (Å²) >= 11 is 0. The molecule has 3 aromatic rings. The van der Waals surface area contributed by atoms with E-state index in [2.05, 4.69) is 5.10 Å². The van der Waals surface area contributed by atoms with Crippen molar-refractivity contribution in [3.63, 3.8) is 0 Å². The second-order valence-corrected chi connectivity index (χ2v) is 8.54. The summed E-state index contributed by atoms with van der Waals surface area (Å²) < 4.78 is 42.0. The average molecular weight is 394 g/mol. The van der Waals surface area contributed by atoms with E-state index in [4.69, 9.17) is 0 Å². The molecule has 28 heavy (non-hydrogen) atoms. The van der Waals surface area contributed by atoms with Crippen LogP contribution in [0.4, 0.5) is 4.39 Å². The predicted molar refractivity (Wildman–Crippen MR) is 107 cm³/mol. The van der Waals surface area contributed by atoms with Gasteiger partial charge >= 0.3 is 0 Å². The zero-order chi connectivity index (χ0) is 19.7. The summed E-state index contributed by atoms with van der Waals surface area (Å²) in [5.41, 5.74) is 2.64. The number of hydrogen-bond acceptors (Lipinski definition) is 3. The summed E-state index contributed by atoms with van der Waals surface area (Å²) in [6, 6.07) is 21.6. The van der Waals surface area contributed by atoms with E-state index in [1.807, 2.05) is 31.2 Å². The van der Waals surface area contributed by atoms with E-state index in [0.29, 0.717) is 17.7 Å². The van der Waals surface area contributed by atoms with Crippen molar-refractivity contribution in [2.24, 2.45) is 5.10 Å². The molecule has 0 bridgehead atoms. The van der Waals surface area contributed by atoms with Crippen LogP contribution in [0.1, 0.15) is 29.2 Å². The van der Waals surface area contributed by atoms with Gasteiger partial charge < -0.3 is 0 Å². The first-order valence-corrected chi connectivity index (χ1v) is 10.4. The standard InChI is InChI=1S/C22H19FN2O2S/c1-16-11-13-17(14-12-16)22-15-21(19-9-5-6-10-20(19)23)24-25(22)28(26,27)18-7-3-2-4-8-18/h2-14,22H,15H2,1H3. The molecular formula is C22H19FN2O2S. The number of nitrogens with zero attached hydrogens (tertiary/aromatic N) is 2. The predicted octanol–water partition coefficient (Wildman–Crippen LogP) is 4.67. The molecule has 0 aliphatic carbocycles. The number of hydrogen-bond donors (Lipinski definition) is 0. The van der Waals surface area contributed by atoms with Crippen LogP contribution in [0.2, 0.25) is 0 Å². The lowest BCUT2D eigenvalue weighted by molar-refractivity contribution is 0.371. The van der Waals surface area contributed by atoms with Gasteiger partial charge in [-0.05, 0) is 30.7 Å². The third-order valence-corrected chi connectivity index (χ3v) is 6.50. The molecule has 0 saturated carbocycles. The van der Waals surface area contributed by atoms with Crippen molar-refractivity contribution in [1.82, 2.24) is 4.41 Å². The van der Waals surface area contributed by atoms with Crippen molar-refractivity contribution in [2.45, 2.75) is 24.3 Å². The van der Waals surface area contributed by atoms with Gasteiger partial charge in [-0.15, -0.1) is 0 Å². The largest absolute Gasteiger partial charge is 0.279 e. The van der Waals surface area contributed by atoms with Gasteiger partial charge in [0.1, 0.15) is 5.82 Å². The monoisotopic (exact) mass is 394 g/mol. The minimum absolute atomic E-state index is 0.158. The Balaban J connectivity index is 1.82. The second-order valence-electron chi connectivity index (χ2n) is 6.75. The molecule has 0 saturated heterocycles. The van der Waals surface area contributed by atoms with E-state index in [1.54, 1.807) is 36.4 Å². The Morgan fingerprint density at radius 2 is 1.57 bits per heavy atom. The number of hydrazone groups is 1. The van der Waals surface area contributed by atoms with E-state index in [-0.39, 0.29) is 4.90 Å². The van der Waals surface area contributed by atoms with Crippen LogP contribution in [0.25, 0.3) is 0 Å². The summed E-state index contributed by atoms with van der Waals surface area (Å²) in [5, 5.41) is 4.37. The number of rotatable bonds is 4. The molecule has 1 unspecified atom stereocenters. The zero-order valence-corrected chi connectivity index (χ0v) is 16.1. The summed E-state index contributed by atoms with van der Waals surface area (Å²) in [6.07, 6.45) is 0.302. The fourth-order valence-electron chi connectivity index (χ4n) is 3.31. The maximum Gasteiger partial charge on any atom is 0.279 e. The van der Waals surface area contributed by atoms with Gasteiger partial charge in [0, 0.05) is 12.0 Å². The van der Waals surface area contributed by atoms with Gasteiger partial charge in [0.2, 0.25) is 0 Å². The fourth-order valence-corrected chi connectivity index (χ4v) is 4.76. The molecule has 0 N–H and O–H groups in total. The summed E-state index contributed by atoms with van der Waals surface area (Å²) in [4.78, 5) is 0.158. The van der Waals surface area contributed by atoms with Gasteiger partial charge in [-0.2, -0.15) is 17.9 Å². The first-order valence-electron chi connectivity index (χ1n) is 8.95. The number of sulfonamides is 1. The van der Waals surface area contributed by atoms with Crippen LogP contribution < -0.4 is 0 Å². The van der Waals surface area contributed by atoms with Gasteiger partial charge in [-0.3, -0.25) is 0 Å². The Kier molecular flexibility index (Phi) is 4.73. The fraction of sp³-hybridized carbons (Fsp3) is 0.136. The molecule has 4 rings (SSSR count). The van der Waals surface area contributed by atoms with Crippen LogP contribution in [0.5, 0.6) is 0 Å². The van der Waals surface area contributed by atoms with E-state index >= 15 is 0 Å². The Hall–Kier alpha value is -2.99. The number of aryl methyl sites for hydroxylation is 1. The Morgan fingerprint density at radius 1 is 0.929 bits per heavy atom. The summed E-state index contributed by atoms with van der Waals surface area (Å²) in [7, 11) is -3.88. The lowest BCUT2D eigenvalue weighted by Gasteiger charge is -2.23. The summed E-state index contributed by atoms with van der Waals surface area (Å²) in [6.45, 7) is 1.97.